The van der Waals surface area contributed by atoms with Gasteiger partial charge in [-0.25, -0.2) is 0 Å². The van der Waals surface area contributed by atoms with Gasteiger partial charge < -0.3 is 5.32 Å². The van der Waals surface area contributed by atoms with Crippen LogP contribution in [0.15, 0.2) is 24.5 Å². The molecule has 3 heteroatoms. The first-order valence-corrected chi connectivity index (χ1v) is 7.20. The van der Waals surface area contributed by atoms with Gasteiger partial charge >= 0.3 is 0 Å². The summed E-state index contributed by atoms with van der Waals surface area (Å²) in [4.78, 5) is 6.59. The summed E-state index contributed by atoms with van der Waals surface area (Å²) in [6, 6.07) is 4.23. The van der Waals surface area contributed by atoms with Crippen LogP contribution in [-0.4, -0.2) is 36.1 Å². The third kappa shape index (κ3) is 4.39. The smallest absolute Gasteiger partial charge is 0.0271 e. The van der Waals surface area contributed by atoms with E-state index >= 15 is 0 Å². The van der Waals surface area contributed by atoms with Gasteiger partial charge in [0.1, 0.15) is 0 Å². The largest absolute Gasteiger partial charge is 0.316 e. The Morgan fingerprint density at radius 1 is 1.39 bits per heavy atom. The molecule has 1 fully saturated rings. The maximum Gasteiger partial charge on any atom is 0.0271 e. The highest BCUT2D eigenvalue weighted by Crippen LogP contribution is 2.15. The molecule has 2 rings (SSSR count). The van der Waals surface area contributed by atoms with Gasteiger partial charge in [-0.15, -0.1) is 0 Å². The number of aromatic nitrogens is 1. The van der Waals surface area contributed by atoms with Gasteiger partial charge in [-0.3, -0.25) is 9.88 Å². The predicted octanol–water partition coefficient (Wildman–Crippen LogP) is 2.29. The molecule has 1 N–H and O–H groups in total. The van der Waals surface area contributed by atoms with E-state index in [2.05, 4.69) is 34.3 Å². The number of pyridine rings is 1. The van der Waals surface area contributed by atoms with E-state index in [9.17, 15) is 0 Å². The van der Waals surface area contributed by atoms with E-state index in [0.717, 1.165) is 19.0 Å². The highest BCUT2D eigenvalue weighted by atomic mass is 15.1. The second-order valence-corrected chi connectivity index (χ2v) is 5.23. The van der Waals surface area contributed by atoms with E-state index < -0.39 is 0 Å². The molecule has 1 atom stereocenters. The molecule has 0 radical (unpaired) electrons. The Morgan fingerprint density at radius 3 is 2.89 bits per heavy atom. The fourth-order valence-electron chi connectivity index (χ4n) is 2.66. The second kappa shape index (κ2) is 7.49. The minimum atomic E-state index is 0.921. The van der Waals surface area contributed by atoms with Gasteiger partial charge in [0.2, 0.25) is 0 Å². The van der Waals surface area contributed by atoms with Crippen LogP contribution in [0.25, 0.3) is 0 Å². The van der Waals surface area contributed by atoms with Gasteiger partial charge in [0.15, 0.2) is 0 Å². The molecule has 3 nitrogen and oxygen atoms in total. The molecule has 1 unspecified atom stereocenters. The molecular formula is C15H25N3. The van der Waals surface area contributed by atoms with Gasteiger partial charge in [-0.05, 0) is 69.1 Å². The van der Waals surface area contributed by atoms with Gasteiger partial charge in [-0.2, -0.15) is 0 Å². The summed E-state index contributed by atoms with van der Waals surface area (Å²) in [7, 11) is 0. The maximum atomic E-state index is 4.07. The van der Waals surface area contributed by atoms with Gasteiger partial charge in [0.25, 0.3) is 0 Å². The lowest BCUT2D eigenvalue weighted by atomic mass is 10.0. The molecule has 0 bridgehead atoms. The van der Waals surface area contributed by atoms with Crippen molar-refractivity contribution in [3.63, 3.8) is 0 Å². The van der Waals surface area contributed by atoms with E-state index in [4.69, 9.17) is 0 Å². The van der Waals surface area contributed by atoms with Crippen LogP contribution in [0, 0.1) is 5.92 Å². The zero-order valence-electron chi connectivity index (χ0n) is 11.4. The average molecular weight is 247 g/mol. The van der Waals surface area contributed by atoms with Crippen molar-refractivity contribution in [2.75, 3.05) is 26.2 Å². The Bertz CT molecular complexity index is 320. The number of rotatable bonds is 7. The van der Waals surface area contributed by atoms with Crippen molar-refractivity contribution in [2.24, 2.45) is 5.92 Å². The van der Waals surface area contributed by atoms with E-state index in [0.29, 0.717) is 0 Å². The Kier molecular flexibility index (Phi) is 5.62. The highest BCUT2D eigenvalue weighted by molar-refractivity contribution is 5.09. The molecule has 1 aromatic heterocycles. The Hall–Kier alpha value is -0.930. The number of nitrogens with zero attached hydrogens (tertiary/aromatic N) is 2. The van der Waals surface area contributed by atoms with Crippen molar-refractivity contribution in [3.8, 4) is 0 Å². The fraction of sp³-hybridized carbons (Fsp3) is 0.667. The quantitative estimate of drug-likeness (QED) is 0.801. The van der Waals surface area contributed by atoms with E-state index in [1.165, 1.54) is 44.5 Å². The first-order valence-electron chi connectivity index (χ1n) is 7.20. The lowest BCUT2D eigenvalue weighted by Gasteiger charge is -2.21. The number of hydrogen-bond acceptors (Lipinski definition) is 3. The lowest BCUT2D eigenvalue weighted by Crippen LogP contribution is -2.24. The molecular weight excluding hydrogens is 222 g/mol. The standard InChI is InChI=1S/C15H25N3/c1-2-18(13-15-6-8-16-9-7-15)11-3-4-14-5-10-17-12-14/h6-9,14,17H,2-5,10-13H2,1H3. The first-order chi connectivity index (χ1) is 8.88. The molecule has 0 saturated carbocycles. The molecule has 2 heterocycles. The van der Waals surface area contributed by atoms with Crippen LogP contribution in [0.5, 0.6) is 0 Å². The van der Waals surface area contributed by atoms with Gasteiger partial charge in [0, 0.05) is 18.9 Å². The number of nitrogens with one attached hydrogen (secondary N) is 1. The molecule has 100 valence electrons. The average Bonchev–Trinajstić information content (AvgIpc) is 2.92. The van der Waals surface area contributed by atoms with Crippen molar-refractivity contribution >= 4 is 0 Å². The number of hydrogen-bond donors (Lipinski definition) is 1. The van der Waals surface area contributed by atoms with Crippen molar-refractivity contribution in [1.82, 2.24) is 15.2 Å². The summed E-state index contributed by atoms with van der Waals surface area (Å²) in [6.07, 6.45) is 7.84. The third-order valence-corrected chi connectivity index (χ3v) is 3.85. The molecule has 0 aromatic carbocycles. The minimum absolute atomic E-state index is 0.921. The Labute approximate surface area is 111 Å². The van der Waals surface area contributed by atoms with E-state index in [1.807, 2.05) is 12.4 Å². The van der Waals surface area contributed by atoms with Gasteiger partial charge in [0.05, 0.1) is 0 Å². The van der Waals surface area contributed by atoms with Crippen LogP contribution >= 0.6 is 0 Å². The molecule has 0 aliphatic carbocycles. The monoisotopic (exact) mass is 247 g/mol. The van der Waals surface area contributed by atoms with Crippen LogP contribution in [-0.2, 0) is 6.54 Å². The van der Waals surface area contributed by atoms with Crippen LogP contribution < -0.4 is 5.32 Å². The summed E-state index contributed by atoms with van der Waals surface area (Å²) < 4.78 is 0. The molecule has 1 aliphatic heterocycles. The Morgan fingerprint density at radius 2 is 2.22 bits per heavy atom. The zero-order chi connectivity index (χ0) is 12.6. The SMILES string of the molecule is CCN(CCCC1CCNC1)Cc1ccncc1. The molecule has 0 amide bonds. The summed E-state index contributed by atoms with van der Waals surface area (Å²) in [5.74, 6) is 0.921. The highest BCUT2D eigenvalue weighted by Gasteiger charge is 2.14. The van der Waals surface area contributed by atoms with Crippen molar-refractivity contribution < 1.29 is 0 Å². The molecule has 1 aliphatic rings. The fourth-order valence-corrected chi connectivity index (χ4v) is 2.66. The van der Waals surface area contributed by atoms with Crippen LogP contribution in [0.3, 0.4) is 0 Å². The van der Waals surface area contributed by atoms with Crippen LogP contribution in [0.2, 0.25) is 0 Å². The third-order valence-electron chi connectivity index (χ3n) is 3.85. The normalized spacial score (nSPS) is 19.6. The van der Waals surface area contributed by atoms with Crippen molar-refractivity contribution in [3.05, 3.63) is 30.1 Å². The van der Waals surface area contributed by atoms with E-state index in [1.54, 1.807) is 0 Å². The first kappa shape index (κ1) is 13.5. The maximum absolute atomic E-state index is 4.07. The van der Waals surface area contributed by atoms with Crippen molar-refractivity contribution in [2.45, 2.75) is 32.7 Å². The summed E-state index contributed by atoms with van der Waals surface area (Å²) in [5, 5.41) is 3.44. The lowest BCUT2D eigenvalue weighted by molar-refractivity contribution is 0.266. The van der Waals surface area contributed by atoms with Crippen LogP contribution in [0.4, 0.5) is 0 Å². The second-order valence-electron chi connectivity index (χ2n) is 5.23. The molecule has 1 saturated heterocycles. The zero-order valence-corrected chi connectivity index (χ0v) is 11.4. The molecule has 18 heavy (non-hydrogen) atoms. The Balaban J connectivity index is 1.68. The molecule has 1 aromatic rings. The van der Waals surface area contributed by atoms with Crippen LogP contribution in [0.1, 0.15) is 31.7 Å². The van der Waals surface area contributed by atoms with E-state index in [-0.39, 0.29) is 0 Å². The predicted molar refractivity (Wildman–Crippen MR) is 75.4 cm³/mol. The summed E-state index contributed by atoms with van der Waals surface area (Å²) in [6.45, 7) is 8.11. The van der Waals surface area contributed by atoms with Crippen molar-refractivity contribution in [1.29, 1.82) is 0 Å². The topological polar surface area (TPSA) is 28.2 Å². The molecule has 0 spiro atoms. The summed E-state index contributed by atoms with van der Waals surface area (Å²) >= 11 is 0. The minimum Gasteiger partial charge on any atom is -0.316 e. The van der Waals surface area contributed by atoms with Gasteiger partial charge in [-0.1, -0.05) is 6.92 Å². The summed E-state index contributed by atoms with van der Waals surface area (Å²) in [5.41, 5.74) is 1.37.